The van der Waals surface area contributed by atoms with Gasteiger partial charge in [-0.25, -0.2) is 4.98 Å². The lowest BCUT2D eigenvalue weighted by atomic mass is 9.72. The van der Waals surface area contributed by atoms with Gasteiger partial charge in [0.1, 0.15) is 11.5 Å². The number of aromatic nitrogens is 2. The molecule has 0 saturated carbocycles. The molecule has 1 unspecified atom stereocenters. The van der Waals surface area contributed by atoms with Gasteiger partial charge in [0, 0.05) is 52.4 Å². The maximum absolute atomic E-state index is 12.8. The van der Waals surface area contributed by atoms with Gasteiger partial charge in [0.25, 0.3) is 5.91 Å². The van der Waals surface area contributed by atoms with Gasteiger partial charge in [0.2, 0.25) is 0 Å². The number of hydrogen-bond acceptors (Lipinski definition) is 7. The molecular formula is C20H32N6O2. The van der Waals surface area contributed by atoms with Crippen LogP contribution in [0.1, 0.15) is 29.8 Å². The van der Waals surface area contributed by atoms with Gasteiger partial charge in [-0.15, -0.1) is 0 Å². The molecule has 0 aromatic carbocycles. The fraction of sp³-hybridized carbons (Fsp3) is 0.750. The normalized spacial score (nSPS) is 26.6. The number of rotatable bonds is 2. The van der Waals surface area contributed by atoms with Gasteiger partial charge in [-0.1, -0.05) is 0 Å². The molecule has 4 rings (SSSR count). The first-order valence-corrected chi connectivity index (χ1v) is 10.4. The molecule has 0 radical (unpaired) electrons. The lowest BCUT2D eigenvalue weighted by Gasteiger charge is -2.48. The highest BCUT2D eigenvalue weighted by Crippen LogP contribution is 2.40. The number of likely N-dealkylation sites (N-methyl/N-ethyl adjacent to an activating group) is 2. The summed E-state index contributed by atoms with van der Waals surface area (Å²) in [7, 11) is 4.17. The first kappa shape index (κ1) is 19.5. The summed E-state index contributed by atoms with van der Waals surface area (Å²) in [6.45, 7) is 6.87. The van der Waals surface area contributed by atoms with Crippen molar-refractivity contribution in [1.82, 2.24) is 24.7 Å². The summed E-state index contributed by atoms with van der Waals surface area (Å²) in [6, 6.07) is 0. The molecule has 1 aromatic heterocycles. The van der Waals surface area contributed by atoms with Gasteiger partial charge in [0.05, 0.1) is 18.5 Å². The number of carbonyl (C=O) groups is 1. The number of nitrogens with zero attached hydrogens (tertiary/aromatic N) is 6. The van der Waals surface area contributed by atoms with Crippen molar-refractivity contribution in [2.24, 2.45) is 5.41 Å². The number of piperazine rings is 1. The van der Waals surface area contributed by atoms with Crippen molar-refractivity contribution in [3.05, 3.63) is 18.1 Å². The van der Waals surface area contributed by atoms with E-state index in [1.54, 1.807) is 12.4 Å². The van der Waals surface area contributed by atoms with E-state index in [1.807, 2.05) is 4.90 Å². The van der Waals surface area contributed by atoms with E-state index >= 15 is 0 Å². The highest BCUT2D eigenvalue weighted by atomic mass is 16.3. The lowest BCUT2D eigenvalue weighted by Crippen LogP contribution is -2.52. The van der Waals surface area contributed by atoms with Gasteiger partial charge in [0.15, 0.2) is 0 Å². The van der Waals surface area contributed by atoms with Crippen molar-refractivity contribution in [2.75, 3.05) is 71.4 Å². The Bertz CT molecular complexity index is 686. The van der Waals surface area contributed by atoms with E-state index in [4.69, 9.17) is 0 Å². The van der Waals surface area contributed by atoms with Crippen LogP contribution in [0.5, 0.6) is 0 Å². The Morgan fingerprint density at radius 2 is 1.79 bits per heavy atom. The van der Waals surface area contributed by atoms with Crippen LogP contribution in [0, 0.1) is 5.41 Å². The van der Waals surface area contributed by atoms with Crippen LogP contribution in [-0.4, -0.2) is 108 Å². The molecule has 3 aliphatic rings. The highest BCUT2D eigenvalue weighted by molar-refractivity contribution is 5.92. The summed E-state index contributed by atoms with van der Waals surface area (Å²) in [6.07, 6.45) is 6.08. The number of carbonyl (C=O) groups excluding carboxylic acids is 1. The van der Waals surface area contributed by atoms with Crippen molar-refractivity contribution >= 4 is 11.7 Å². The molecule has 154 valence electrons. The average Bonchev–Trinajstić information content (AvgIpc) is 2.68. The first-order chi connectivity index (χ1) is 13.4. The third-order valence-electron chi connectivity index (χ3n) is 6.58. The average molecular weight is 389 g/mol. The van der Waals surface area contributed by atoms with Gasteiger partial charge in [-0.05, 0) is 38.8 Å². The fourth-order valence-corrected chi connectivity index (χ4v) is 4.98. The van der Waals surface area contributed by atoms with Gasteiger partial charge >= 0.3 is 0 Å². The molecule has 3 aliphatic heterocycles. The van der Waals surface area contributed by atoms with Crippen LogP contribution >= 0.6 is 0 Å². The predicted octanol–water partition coefficient (Wildman–Crippen LogP) is 0.147. The fourth-order valence-electron chi connectivity index (χ4n) is 4.98. The molecule has 1 N–H and O–H groups in total. The Kier molecular flexibility index (Phi) is 5.53. The number of anilines is 1. The zero-order valence-electron chi connectivity index (χ0n) is 17.0. The number of amides is 1. The highest BCUT2D eigenvalue weighted by Gasteiger charge is 2.40. The molecule has 0 bridgehead atoms. The molecule has 8 heteroatoms. The minimum absolute atomic E-state index is 0.0204. The van der Waals surface area contributed by atoms with Crippen molar-refractivity contribution in [3.63, 3.8) is 0 Å². The molecule has 28 heavy (non-hydrogen) atoms. The quantitative estimate of drug-likeness (QED) is 0.773. The van der Waals surface area contributed by atoms with Crippen molar-refractivity contribution in [1.29, 1.82) is 0 Å². The molecular weight excluding hydrogens is 356 g/mol. The molecule has 1 aromatic rings. The topological polar surface area (TPSA) is 76.0 Å². The maximum Gasteiger partial charge on any atom is 0.274 e. The molecule has 3 fully saturated rings. The van der Waals surface area contributed by atoms with Crippen molar-refractivity contribution in [3.8, 4) is 0 Å². The molecule has 1 atom stereocenters. The Hall–Kier alpha value is -1.77. The standard InChI is InChI=1S/C20H32N6O2/c1-23-7-9-26(10-8-23)19(28)17-12-21-13-18(22-17)25-5-3-20(4-6-25)11-16(27)14-24(2)15-20/h12-13,16,27H,3-11,14-15H2,1-2H3. The zero-order chi connectivity index (χ0) is 19.7. The Morgan fingerprint density at radius 3 is 2.46 bits per heavy atom. The minimum atomic E-state index is -0.227. The van der Waals surface area contributed by atoms with Crippen LogP contribution < -0.4 is 4.90 Å². The molecule has 4 heterocycles. The second-order valence-electron chi connectivity index (χ2n) is 8.90. The van der Waals surface area contributed by atoms with E-state index in [-0.39, 0.29) is 17.4 Å². The first-order valence-electron chi connectivity index (χ1n) is 10.4. The predicted molar refractivity (Wildman–Crippen MR) is 107 cm³/mol. The van der Waals surface area contributed by atoms with Crippen LogP contribution in [0.25, 0.3) is 0 Å². The van der Waals surface area contributed by atoms with Crippen LogP contribution in [0.2, 0.25) is 0 Å². The van der Waals surface area contributed by atoms with E-state index in [1.165, 1.54) is 0 Å². The third kappa shape index (κ3) is 4.14. The summed E-state index contributed by atoms with van der Waals surface area (Å²) in [5.41, 5.74) is 0.638. The summed E-state index contributed by atoms with van der Waals surface area (Å²) in [4.78, 5) is 30.4. The summed E-state index contributed by atoms with van der Waals surface area (Å²) in [5, 5.41) is 10.2. The Balaban J connectivity index is 1.41. The monoisotopic (exact) mass is 388 g/mol. The number of aliphatic hydroxyl groups is 1. The van der Waals surface area contributed by atoms with Crippen LogP contribution in [0.15, 0.2) is 12.4 Å². The smallest absolute Gasteiger partial charge is 0.274 e. The summed E-state index contributed by atoms with van der Waals surface area (Å²) >= 11 is 0. The molecule has 1 amide bonds. The number of likely N-dealkylation sites (tertiary alicyclic amines) is 1. The van der Waals surface area contributed by atoms with Gasteiger partial charge in [-0.2, -0.15) is 0 Å². The van der Waals surface area contributed by atoms with E-state index in [2.05, 4.69) is 38.8 Å². The largest absolute Gasteiger partial charge is 0.392 e. The van der Waals surface area contributed by atoms with E-state index < -0.39 is 0 Å². The van der Waals surface area contributed by atoms with E-state index in [0.717, 1.165) is 77.4 Å². The van der Waals surface area contributed by atoms with Gasteiger partial charge < -0.3 is 24.7 Å². The van der Waals surface area contributed by atoms with Crippen molar-refractivity contribution < 1.29 is 9.90 Å². The van der Waals surface area contributed by atoms with E-state index in [0.29, 0.717) is 5.69 Å². The molecule has 0 aliphatic carbocycles. The zero-order valence-corrected chi connectivity index (χ0v) is 17.0. The number of aliphatic hydroxyl groups excluding tert-OH is 1. The van der Waals surface area contributed by atoms with Crippen LogP contribution in [0.3, 0.4) is 0 Å². The van der Waals surface area contributed by atoms with Crippen molar-refractivity contribution in [2.45, 2.75) is 25.4 Å². The SMILES string of the molecule is CN1CCN(C(=O)c2cncc(N3CCC4(CC3)CC(O)CN(C)C4)n2)CC1. The third-order valence-corrected chi connectivity index (χ3v) is 6.58. The summed E-state index contributed by atoms with van der Waals surface area (Å²) in [5.74, 6) is 0.771. The molecule has 1 spiro atoms. The second-order valence-corrected chi connectivity index (χ2v) is 8.90. The number of hydrogen-bond donors (Lipinski definition) is 1. The van der Waals surface area contributed by atoms with E-state index in [9.17, 15) is 9.90 Å². The maximum atomic E-state index is 12.8. The Morgan fingerprint density at radius 1 is 1.07 bits per heavy atom. The minimum Gasteiger partial charge on any atom is -0.392 e. The number of β-amino-alcohol motifs (C(OH)–C–C–N with tert-alkyl or cyclic N) is 1. The lowest BCUT2D eigenvalue weighted by molar-refractivity contribution is -0.0112. The summed E-state index contributed by atoms with van der Waals surface area (Å²) < 4.78 is 0. The van der Waals surface area contributed by atoms with Crippen LogP contribution in [-0.2, 0) is 0 Å². The Labute approximate surface area is 167 Å². The second kappa shape index (κ2) is 7.93. The van der Waals surface area contributed by atoms with Gasteiger partial charge in [-0.3, -0.25) is 9.78 Å². The molecule has 8 nitrogen and oxygen atoms in total. The number of piperidine rings is 2. The molecule has 3 saturated heterocycles. The van der Waals surface area contributed by atoms with Crippen LogP contribution in [0.4, 0.5) is 5.82 Å².